The number of nitrogen functional groups attached to an aromatic ring is 1. The maximum Gasteiger partial charge on any atom is 0.263 e. The third kappa shape index (κ3) is 3.17. The average Bonchev–Trinajstić information content (AvgIpc) is 2.45. The number of ether oxygens (including phenoxy) is 1. The number of aromatic nitrogens is 1. The minimum atomic E-state index is -0.147. The number of aryl methyl sites for hydroxylation is 1. The number of carbonyl (C=O) groups is 1. The highest BCUT2D eigenvalue weighted by Gasteiger charge is 2.15. The van der Waals surface area contributed by atoms with E-state index in [1.54, 1.807) is 14.0 Å². The van der Waals surface area contributed by atoms with Gasteiger partial charge in [0.25, 0.3) is 5.91 Å². The molecule has 1 rings (SSSR count). The van der Waals surface area contributed by atoms with Crippen molar-refractivity contribution in [1.29, 1.82) is 0 Å². The van der Waals surface area contributed by atoms with Crippen LogP contribution in [0.4, 0.5) is 5.13 Å². The number of anilines is 1. The van der Waals surface area contributed by atoms with Gasteiger partial charge in [0.15, 0.2) is 5.13 Å². The Morgan fingerprint density at radius 2 is 2.40 bits per heavy atom. The van der Waals surface area contributed by atoms with Crippen LogP contribution in [0.5, 0.6) is 0 Å². The second-order valence-electron chi connectivity index (χ2n) is 3.30. The number of rotatable bonds is 4. The van der Waals surface area contributed by atoms with Crippen LogP contribution in [0.25, 0.3) is 0 Å². The first-order valence-electron chi connectivity index (χ1n) is 4.57. The van der Waals surface area contributed by atoms with Crippen LogP contribution in [0.3, 0.4) is 0 Å². The molecule has 5 nitrogen and oxygen atoms in total. The summed E-state index contributed by atoms with van der Waals surface area (Å²) >= 11 is 1.20. The molecule has 84 valence electrons. The van der Waals surface area contributed by atoms with Gasteiger partial charge in [-0.1, -0.05) is 11.3 Å². The zero-order valence-electron chi connectivity index (χ0n) is 9.03. The minimum Gasteiger partial charge on any atom is -0.383 e. The lowest BCUT2D eigenvalue weighted by molar-refractivity contribution is 0.0909. The quantitative estimate of drug-likeness (QED) is 0.800. The van der Waals surface area contributed by atoms with Crippen molar-refractivity contribution in [3.05, 3.63) is 10.6 Å². The highest BCUT2D eigenvalue weighted by atomic mass is 32.1. The van der Waals surface area contributed by atoms with Gasteiger partial charge in [0.1, 0.15) is 4.88 Å². The van der Waals surface area contributed by atoms with Crippen molar-refractivity contribution in [2.24, 2.45) is 0 Å². The predicted molar refractivity (Wildman–Crippen MR) is 60.1 cm³/mol. The molecule has 0 aliphatic carbocycles. The normalized spacial score (nSPS) is 12.5. The molecule has 15 heavy (non-hydrogen) atoms. The number of thiazole rings is 1. The maximum atomic E-state index is 11.7. The lowest BCUT2D eigenvalue weighted by Gasteiger charge is -2.11. The molecule has 1 atom stereocenters. The van der Waals surface area contributed by atoms with Crippen molar-refractivity contribution in [3.63, 3.8) is 0 Å². The first-order chi connectivity index (χ1) is 7.04. The van der Waals surface area contributed by atoms with Gasteiger partial charge in [-0.3, -0.25) is 4.79 Å². The van der Waals surface area contributed by atoms with Gasteiger partial charge in [0.2, 0.25) is 0 Å². The van der Waals surface area contributed by atoms with Crippen LogP contribution in [0.2, 0.25) is 0 Å². The van der Waals surface area contributed by atoms with Crippen molar-refractivity contribution in [2.75, 3.05) is 19.5 Å². The van der Waals surface area contributed by atoms with Crippen LogP contribution in [0, 0.1) is 6.92 Å². The Bertz CT molecular complexity index is 351. The van der Waals surface area contributed by atoms with Gasteiger partial charge in [0.05, 0.1) is 12.3 Å². The molecule has 1 heterocycles. The third-order valence-corrected chi connectivity index (χ3v) is 2.80. The molecule has 0 aliphatic heterocycles. The lowest BCUT2D eigenvalue weighted by Crippen LogP contribution is -2.35. The van der Waals surface area contributed by atoms with Crippen molar-refractivity contribution < 1.29 is 9.53 Å². The zero-order chi connectivity index (χ0) is 11.4. The molecule has 0 bridgehead atoms. The van der Waals surface area contributed by atoms with E-state index in [-0.39, 0.29) is 11.9 Å². The van der Waals surface area contributed by atoms with E-state index >= 15 is 0 Å². The van der Waals surface area contributed by atoms with Crippen LogP contribution in [0.15, 0.2) is 0 Å². The zero-order valence-corrected chi connectivity index (χ0v) is 9.85. The molecular weight excluding hydrogens is 214 g/mol. The molecule has 1 unspecified atom stereocenters. The SMILES string of the molecule is COCC(C)NC(=O)c1sc(N)nc1C. The van der Waals surface area contributed by atoms with Gasteiger partial charge in [-0.05, 0) is 13.8 Å². The Labute approximate surface area is 92.6 Å². The van der Waals surface area contributed by atoms with E-state index in [1.807, 2.05) is 6.92 Å². The van der Waals surface area contributed by atoms with Crippen molar-refractivity contribution in [3.8, 4) is 0 Å². The summed E-state index contributed by atoms with van der Waals surface area (Å²) < 4.78 is 4.92. The fraction of sp³-hybridized carbons (Fsp3) is 0.556. The van der Waals surface area contributed by atoms with Gasteiger partial charge in [-0.25, -0.2) is 4.98 Å². The topological polar surface area (TPSA) is 77.2 Å². The molecule has 6 heteroatoms. The van der Waals surface area contributed by atoms with Gasteiger partial charge in [-0.15, -0.1) is 0 Å². The number of amides is 1. The van der Waals surface area contributed by atoms with E-state index in [2.05, 4.69) is 10.3 Å². The standard InChI is InChI=1S/C9H15N3O2S/c1-5(4-14-3)11-8(13)7-6(2)12-9(10)15-7/h5H,4H2,1-3H3,(H2,10,12)(H,11,13). The summed E-state index contributed by atoms with van der Waals surface area (Å²) in [4.78, 5) is 16.3. The molecule has 0 fully saturated rings. The van der Waals surface area contributed by atoms with Crippen molar-refractivity contribution in [1.82, 2.24) is 10.3 Å². The first-order valence-corrected chi connectivity index (χ1v) is 5.39. The lowest BCUT2D eigenvalue weighted by atomic mass is 10.3. The summed E-state index contributed by atoms with van der Waals surface area (Å²) in [5, 5.41) is 3.22. The highest BCUT2D eigenvalue weighted by Crippen LogP contribution is 2.19. The minimum absolute atomic E-state index is 0.0229. The summed E-state index contributed by atoms with van der Waals surface area (Å²) in [5.74, 6) is -0.147. The molecule has 0 spiro atoms. The third-order valence-electron chi connectivity index (χ3n) is 1.81. The monoisotopic (exact) mass is 229 g/mol. The Balaban J connectivity index is 2.65. The number of hydrogen-bond donors (Lipinski definition) is 2. The van der Waals surface area contributed by atoms with Crippen molar-refractivity contribution >= 4 is 22.4 Å². The summed E-state index contributed by atoms with van der Waals surface area (Å²) in [7, 11) is 1.60. The van der Waals surface area contributed by atoms with E-state index in [0.717, 1.165) is 0 Å². The molecule has 3 N–H and O–H groups in total. The molecule has 1 aromatic heterocycles. The molecule has 0 aromatic carbocycles. The van der Waals surface area contributed by atoms with Gasteiger partial charge >= 0.3 is 0 Å². The Kier molecular flexibility index (Phi) is 4.05. The number of nitrogens with zero attached hydrogens (tertiary/aromatic N) is 1. The van der Waals surface area contributed by atoms with Gasteiger partial charge < -0.3 is 15.8 Å². The van der Waals surface area contributed by atoms with E-state index < -0.39 is 0 Å². The van der Waals surface area contributed by atoms with Gasteiger partial charge in [-0.2, -0.15) is 0 Å². The molecule has 0 aliphatic rings. The second-order valence-corrected chi connectivity index (χ2v) is 4.33. The number of hydrogen-bond acceptors (Lipinski definition) is 5. The van der Waals surface area contributed by atoms with E-state index in [0.29, 0.717) is 22.3 Å². The van der Waals surface area contributed by atoms with Crippen LogP contribution < -0.4 is 11.1 Å². The fourth-order valence-corrected chi connectivity index (χ4v) is 1.95. The van der Waals surface area contributed by atoms with Crippen molar-refractivity contribution in [2.45, 2.75) is 19.9 Å². The number of carbonyl (C=O) groups excluding carboxylic acids is 1. The highest BCUT2D eigenvalue weighted by molar-refractivity contribution is 7.17. The second kappa shape index (κ2) is 5.09. The number of methoxy groups -OCH3 is 1. The van der Waals surface area contributed by atoms with E-state index in [9.17, 15) is 4.79 Å². The summed E-state index contributed by atoms with van der Waals surface area (Å²) in [6, 6.07) is -0.0229. The fourth-order valence-electron chi connectivity index (χ4n) is 1.21. The molecular formula is C9H15N3O2S. The van der Waals surface area contributed by atoms with Crippen LogP contribution in [0.1, 0.15) is 22.3 Å². The molecule has 0 saturated heterocycles. The summed E-state index contributed by atoms with van der Waals surface area (Å²) in [6.45, 7) is 4.13. The largest absolute Gasteiger partial charge is 0.383 e. The number of nitrogens with one attached hydrogen (secondary N) is 1. The smallest absolute Gasteiger partial charge is 0.263 e. The number of nitrogens with two attached hydrogens (primary N) is 1. The Morgan fingerprint density at radius 1 is 1.73 bits per heavy atom. The van der Waals surface area contributed by atoms with Gasteiger partial charge in [0, 0.05) is 13.2 Å². The van der Waals surface area contributed by atoms with Crippen LogP contribution in [-0.4, -0.2) is 30.6 Å². The molecule has 1 aromatic rings. The summed E-state index contributed by atoms with van der Waals surface area (Å²) in [5.41, 5.74) is 6.18. The van der Waals surface area contributed by atoms with Crippen LogP contribution >= 0.6 is 11.3 Å². The molecule has 0 radical (unpaired) electrons. The van der Waals surface area contributed by atoms with E-state index in [4.69, 9.17) is 10.5 Å². The predicted octanol–water partition coefficient (Wildman–Crippen LogP) is 0.798. The summed E-state index contributed by atoms with van der Waals surface area (Å²) in [6.07, 6.45) is 0. The Hall–Kier alpha value is -1.14. The maximum absolute atomic E-state index is 11.7. The Morgan fingerprint density at radius 3 is 2.87 bits per heavy atom. The first kappa shape index (κ1) is 11.9. The van der Waals surface area contributed by atoms with Crippen LogP contribution in [-0.2, 0) is 4.74 Å². The average molecular weight is 229 g/mol. The molecule has 0 saturated carbocycles. The molecule has 1 amide bonds. The van der Waals surface area contributed by atoms with E-state index in [1.165, 1.54) is 11.3 Å².